The van der Waals surface area contributed by atoms with Crippen LogP contribution in [0.2, 0.25) is 0 Å². The van der Waals surface area contributed by atoms with E-state index in [1.165, 1.54) is 89.3 Å². The molecule has 1 spiro atoms. The summed E-state index contributed by atoms with van der Waals surface area (Å²) in [6.07, 6.45) is 0. The molecule has 0 atom stereocenters. The Morgan fingerprint density at radius 1 is 0.333 bits per heavy atom. The van der Waals surface area contributed by atoms with Crippen LogP contribution < -0.4 is 9.80 Å². The summed E-state index contributed by atoms with van der Waals surface area (Å²) in [6, 6.07) is 90.1. The third kappa shape index (κ3) is 5.42. The summed E-state index contributed by atoms with van der Waals surface area (Å²) in [7, 11) is 0. The van der Waals surface area contributed by atoms with Gasteiger partial charge in [-0.1, -0.05) is 202 Å². The molecule has 1 aliphatic heterocycles. The molecule has 0 amide bonds. The molecule has 0 bridgehead atoms. The average molecular weight is 843 g/mol. The van der Waals surface area contributed by atoms with E-state index < -0.39 is 5.41 Å². The molecule has 3 aliphatic rings. The van der Waals surface area contributed by atoms with Crippen LogP contribution in [0.15, 0.2) is 243 Å². The lowest BCUT2D eigenvalue weighted by Gasteiger charge is -2.45. The Kier molecular flexibility index (Phi) is 8.51. The molecule has 0 saturated carbocycles. The highest BCUT2D eigenvalue weighted by Crippen LogP contribution is 2.65. The number of para-hydroxylation sites is 4. The highest BCUT2D eigenvalue weighted by molar-refractivity contribution is 6.01. The molecule has 312 valence electrons. The van der Waals surface area contributed by atoms with E-state index in [4.69, 9.17) is 0 Å². The second kappa shape index (κ2) is 14.7. The molecule has 10 aromatic rings. The van der Waals surface area contributed by atoms with Crippen molar-refractivity contribution in [2.75, 3.05) is 9.80 Å². The Bertz CT molecular complexity index is 3460. The second-order valence-electron chi connectivity index (χ2n) is 18.4. The fourth-order valence-corrected chi connectivity index (χ4v) is 11.8. The molecule has 0 radical (unpaired) electrons. The first-order chi connectivity index (χ1) is 32.5. The van der Waals surface area contributed by atoms with Crippen molar-refractivity contribution in [1.29, 1.82) is 0 Å². The van der Waals surface area contributed by atoms with Crippen molar-refractivity contribution in [2.24, 2.45) is 0 Å². The summed E-state index contributed by atoms with van der Waals surface area (Å²) in [5, 5.41) is 0. The smallest absolute Gasteiger partial charge is 0.0760 e. The molecule has 66 heavy (non-hydrogen) atoms. The third-order valence-corrected chi connectivity index (χ3v) is 14.7. The Labute approximate surface area is 387 Å². The number of rotatable bonds is 6. The normalized spacial score (nSPS) is 14.1. The SMILES string of the molecule is CC1(C)c2ccccc2-c2ccc(N(c3ccc(-c4ccccc4)cc3)c3ccccc3-c3cccc4c3C3(c5ccccc5-4)c4ccccc4N(c4ccccc4)c4ccccc43)cc21. The minimum Gasteiger partial charge on any atom is -0.310 e. The van der Waals surface area contributed by atoms with Crippen LogP contribution in [0, 0.1) is 0 Å². The van der Waals surface area contributed by atoms with Crippen LogP contribution in [0.4, 0.5) is 34.1 Å². The van der Waals surface area contributed by atoms with Crippen molar-refractivity contribution in [3.8, 4) is 44.5 Å². The van der Waals surface area contributed by atoms with Crippen LogP contribution in [-0.4, -0.2) is 0 Å². The lowest BCUT2D eigenvalue weighted by Crippen LogP contribution is -2.36. The van der Waals surface area contributed by atoms with Gasteiger partial charge in [0.2, 0.25) is 0 Å². The summed E-state index contributed by atoms with van der Waals surface area (Å²) in [5.41, 5.74) is 24.0. The topological polar surface area (TPSA) is 6.48 Å². The number of hydrogen-bond acceptors (Lipinski definition) is 2. The molecular weight excluding hydrogens is 797 g/mol. The highest BCUT2D eigenvalue weighted by Gasteiger charge is 2.53. The van der Waals surface area contributed by atoms with Gasteiger partial charge in [-0.3, -0.25) is 0 Å². The van der Waals surface area contributed by atoms with Gasteiger partial charge in [0, 0.05) is 28.0 Å². The molecule has 0 aromatic heterocycles. The van der Waals surface area contributed by atoms with Crippen LogP contribution in [0.25, 0.3) is 44.5 Å². The molecule has 10 aromatic carbocycles. The van der Waals surface area contributed by atoms with E-state index in [1.54, 1.807) is 0 Å². The number of anilines is 6. The summed E-state index contributed by atoms with van der Waals surface area (Å²) in [5.74, 6) is 0. The van der Waals surface area contributed by atoms with E-state index in [0.29, 0.717) is 0 Å². The van der Waals surface area contributed by atoms with Gasteiger partial charge in [-0.2, -0.15) is 0 Å². The molecule has 13 rings (SSSR count). The first kappa shape index (κ1) is 38.3. The maximum absolute atomic E-state index is 2.50. The highest BCUT2D eigenvalue weighted by atomic mass is 15.2. The van der Waals surface area contributed by atoms with E-state index in [2.05, 4.69) is 266 Å². The van der Waals surface area contributed by atoms with Gasteiger partial charge in [0.25, 0.3) is 0 Å². The molecule has 2 heteroatoms. The van der Waals surface area contributed by atoms with Crippen LogP contribution in [0.3, 0.4) is 0 Å². The summed E-state index contributed by atoms with van der Waals surface area (Å²) >= 11 is 0. The van der Waals surface area contributed by atoms with Crippen molar-refractivity contribution < 1.29 is 0 Å². The van der Waals surface area contributed by atoms with Crippen LogP contribution >= 0.6 is 0 Å². The first-order valence-corrected chi connectivity index (χ1v) is 23.1. The zero-order valence-electron chi connectivity index (χ0n) is 37.0. The summed E-state index contributed by atoms with van der Waals surface area (Å²) in [4.78, 5) is 4.96. The lowest BCUT2D eigenvalue weighted by atomic mass is 9.63. The Balaban J connectivity index is 1.07. The Hall–Kier alpha value is -8.20. The van der Waals surface area contributed by atoms with E-state index in [1.807, 2.05) is 0 Å². The van der Waals surface area contributed by atoms with Gasteiger partial charge < -0.3 is 9.80 Å². The minimum atomic E-state index is -0.611. The van der Waals surface area contributed by atoms with Crippen LogP contribution in [-0.2, 0) is 10.8 Å². The van der Waals surface area contributed by atoms with Crippen molar-refractivity contribution in [2.45, 2.75) is 24.7 Å². The van der Waals surface area contributed by atoms with Crippen molar-refractivity contribution in [3.63, 3.8) is 0 Å². The molecule has 0 fully saturated rings. The lowest BCUT2D eigenvalue weighted by molar-refractivity contribution is 0.660. The van der Waals surface area contributed by atoms with Gasteiger partial charge in [0.1, 0.15) is 0 Å². The van der Waals surface area contributed by atoms with Gasteiger partial charge in [0.15, 0.2) is 0 Å². The molecule has 0 N–H and O–H groups in total. The quantitative estimate of drug-likeness (QED) is 0.165. The van der Waals surface area contributed by atoms with Gasteiger partial charge in [0.05, 0.1) is 22.5 Å². The maximum Gasteiger partial charge on any atom is 0.0760 e. The Morgan fingerprint density at radius 2 is 0.803 bits per heavy atom. The molecule has 2 nitrogen and oxygen atoms in total. The minimum absolute atomic E-state index is 0.155. The summed E-state index contributed by atoms with van der Waals surface area (Å²) < 4.78 is 0. The predicted molar refractivity (Wildman–Crippen MR) is 275 cm³/mol. The van der Waals surface area contributed by atoms with Gasteiger partial charge in [-0.25, -0.2) is 0 Å². The van der Waals surface area contributed by atoms with Crippen molar-refractivity contribution in [1.82, 2.24) is 0 Å². The molecular formula is C64H46N2. The van der Waals surface area contributed by atoms with E-state index >= 15 is 0 Å². The van der Waals surface area contributed by atoms with E-state index in [-0.39, 0.29) is 5.41 Å². The van der Waals surface area contributed by atoms with E-state index in [9.17, 15) is 0 Å². The summed E-state index contributed by atoms with van der Waals surface area (Å²) in [6.45, 7) is 4.75. The van der Waals surface area contributed by atoms with Crippen LogP contribution in [0.5, 0.6) is 0 Å². The molecule has 0 unspecified atom stereocenters. The third-order valence-electron chi connectivity index (χ3n) is 14.7. The van der Waals surface area contributed by atoms with Gasteiger partial charge >= 0.3 is 0 Å². The molecule has 1 heterocycles. The predicted octanol–water partition coefficient (Wildman–Crippen LogP) is 16.9. The van der Waals surface area contributed by atoms with Crippen molar-refractivity contribution in [3.05, 3.63) is 276 Å². The van der Waals surface area contributed by atoms with Gasteiger partial charge in [-0.15, -0.1) is 0 Å². The Morgan fingerprint density at radius 3 is 1.48 bits per heavy atom. The van der Waals surface area contributed by atoms with Gasteiger partial charge in [-0.05, 0) is 127 Å². The fourth-order valence-electron chi connectivity index (χ4n) is 11.8. The second-order valence-corrected chi connectivity index (χ2v) is 18.4. The number of benzene rings is 10. The number of fused-ring (bicyclic) bond motifs is 12. The number of hydrogen-bond donors (Lipinski definition) is 0. The number of nitrogens with zero attached hydrogens (tertiary/aromatic N) is 2. The standard InChI is InChI=1S/C64H46N2/c1-63(2)54-29-12-9-24-48(54)50-41-40-47(42-58(50)63)65(46-38-36-44(37-39-46)43-20-5-3-6-21-43)59-33-16-11-26-51(59)53-28-19-27-52-49-25-10-13-30-55(49)64(62(52)53)56-31-14-17-34-60(56)66(45-22-7-4-8-23-45)61-35-18-15-32-57(61)64/h3-42H,1-2H3. The van der Waals surface area contributed by atoms with E-state index in [0.717, 1.165) is 22.7 Å². The zero-order valence-corrected chi connectivity index (χ0v) is 37.0. The zero-order chi connectivity index (χ0) is 44.0. The fraction of sp³-hybridized carbons (Fsp3) is 0.0625. The largest absolute Gasteiger partial charge is 0.310 e. The van der Waals surface area contributed by atoms with Crippen LogP contribution in [0.1, 0.15) is 47.2 Å². The van der Waals surface area contributed by atoms with Crippen molar-refractivity contribution >= 4 is 34.1 Å². The maximum atomic E-state index is 2.50. The molecule has 2 aliphatic carbocycles. The molecule has 0 saturated heterocycles. The average Bonchev–Trinajstić information content (AvgIpc) is 3.80. The first-order valence-electron chi connectivity index (χ1n) is 23.1. The monoisotopic (exact) mass is 842 g/mol.